The molecule has 0 atom stereocenters. The van der Waals surface area contributed by atoms with Gasteiger partial charge in [0.1, 0.15) is 11.5 Å². The number of morpholine rings is 1. The summed E-state index contributed by atoms with van der Waals surface area (Å²) >= 11 is 0. The average molecular weight is 524 g/mol. The molecule has 0 aliphatic carbocycles. The van der Waals surface area contributed by atoms with E-state index >= 15 is 0 Å². The van der Waals surface area contributed by atoms with Crippen molar-refractivity contribution in [3.05, 3.63) is 94.0 Å². The van der Waals surface area contributed by atoms with Gasteiger partial charge in [-0.25, -0.2) is 0 Å². The van der Waals surface area contributed by atoms with Gasteiger partial charge in [-0.05, 0) is 47.5 Å². The Bertz CT molecular complexity index is 1590. The van der Waals surface area contributed by atoms with Crippen molar-refractivity contribution in [1.82, 2.24) is 9.97 Å². The van der Waals surface area contributed by atoms with Crippen LogP contribution in [0.15, 0.2) is 71.8 Å². The number of carbonyl (C=O) groups excluding carboxylic acids is 1. The van der Waals surface area contributed by atoms with Crippen LogP contribution in [0.4, 0.5) is 17.1 Å². The van der Waals surface area contributed by atoms with Crippen LogP contribution in [0.3, 0.4) is 0 Å². The van der Waals surface area contributed by atoms with Crippen LogP contribution in [-0.2, 0) is 22.5 Å². The zero-order valence-electron chi connectivity index (χ0n) is 21.6. The SMILES string of the molecule is CC(=O)Nc1cncc(CNc2ccc3c(c2)Cc2cccc(-c4cc(N5CCOCC5)cc(=O)[nH]4)c2O3)c1. The van der Waals surface area contributed by atoms with Gasteiger partial charge in [0, 0.05) is 67.7 Å². The predicted molar refractivity (Wildman–Crippen MR) is 151 cm³/mol. The van der Waals surface area contributed by atoms with Crippen LogP contribution in [0.25, 0.3) is 11.3 Å². The molecule has 39 heavy (non-hydrogen) atoms. The maximum absolute atomic E-state index is 12.6. The second-order valence-corrected chi connectivity index (χ2v) is 9.73. The molecular formula is C30H29N5O4. The van der Waals surface area contributed by atoms with E-state index in [1.807, 2.05) is 36.4 Å². The van der Waals surface area contributed by atoms with Gasteiger partial charge in [0.25, 0.3) is 0 Å². The molecule has 4 aromatic rings. The zero-order valence-corrected chi connectivity index (χ0v) is 21.6. The number of aromatic amines is 1. The Morgan fingerprint density at radius 1 is 1.03 bits per heavy atom. The number of rotatable bonds is 6. The quantitative estimate of drug-likeness (QED) is 0.300. The minimum Gasteiger partial charge on any atom is -0.456 e. The maximum atomic E-state index is 12.6. The minimum absolute atomic E-state index is 0.129. The molecule has 2 aromatic heterocycles. The van der Waals surface area contributed by atoms with E-state index in [1.165, 1.54) is 6.92 Å². The van der Waals surface area contributed by atoms with Gasteiger partial charge in [0.2, 0.25) is 11.5 Å². The lowest BCUT2D eigenvalue weighted by atomic mass is 9.96. The van der Waals surface area contributed by atoms with E-state index in [1.54, 1.807) is 18.5 Å². The lowest BCUT2D eigenvalue weighted by Crippen LogP contribution is -2.36. The number of hydrogen-bond donors (Lipinski definition) is 3. The van der Waals surface area contributed by atoms with E-state index in [2.05, 4.69) is 37.6 Å². The van der Waals surface area contributed by atoms with Gasteiger partial charge in [0.15, 0.2) is 0 Å². The summed E-state index contributed by atoms with van der Waals surface area (Å²) < 4.78 is 11.9. The van der Waals surface area contributed by atoms with Crippen molar-refractivity contribution >= 4 is 23.0 Å². The summed E-state index contributed by atoms with van der Waals surface area (Å²) in [5, 5.41) is 6.19. The van der Waals surface area contributed by atoms with Gasteiger partial charge in [-0.1, -0.05) is 12.1 Å². The molecule has 4 heterocycles. The number of benzene rings is 2. The number of ether oxygens (including phenoxy) is 2. The first kappa shape index (κ1) is 24.7. The smallest absolute Gasteiger partial charge is 0.250 e. The van der Waals surface area contributed by atoms with Crippen molar-refractivity contribution in [2.45, 2.75) is 19.9 Å². The highest BCUT2D eigenvalue weighted by Crippen LogP contribution is 2.43. The summed E-state index contributed by atoms with van der Waals surface area (Å²) in [7, 11) is 0. The normalized spacial score (nSPS) is 14.1. The second-order valence-electron chi connectivity index (χ2n) is 9.73. The Morgan fingerprint density at radius 3 is 2.74 bits per heavy atom. The number of amides is 1. The summed E-state index contributed by atoms with van der Waals surface area (Å²) in [6.45, 7) is 4.86. The van der Waals surface area contributed by atoms with E-state index < -0.39 is 0 Å². The molecule has 198 valence electrons. The number of hydrogen-bond acceptors (Lipinski definition) is 7. The fourth-order valence-electron chi connectivity index (χ4n) is 5.04. The molecule has 2 aliphatic rings. The Labute approximate surface area is 225 Å². The first-order valence-corrected chi connectivity index (χ1v) is 13.0. The number of para-hydroxylation sites is 1. The highest BCUT2D eigenvalue weighted by molar-refractivity contribution is 5.88. The summed E-state index contributed by atoms with van der Waals surface area (Å²) in [5.41, 5.74) is 7.06. The van der Waals surface area contributed by atoms with Crippen LogP contribution in [0.2, 0.25) is 0 Å². The number of aromatic nitrogens is 2. The van der Waals surface area contributed by atoms with Crippen LogP contribution in [0.1, 0.15) is 23.6 Å². The molecule has 1 fully saturated rings. The van der Waals surface area contributed by atoms with E-state index in [0.717, 1.165) is 63.9 Å². The lowest BCUT2D eigenvalue weighted by Gasteiger charge is -2.29. The van der Waals surface area contributed by atoms with Gasteiger partial charge >= 0.3 is 0 Å². The van der Waals surface area contributed by atoms with Gasteiger partial charge in [0.05, 0.1) is 30.8 Å². The third kappa shape index (κ3) is 5.49. The zero-order chi connectivity index (χ0) is 26.8. The predicted octanol–water partition coefficient (Wildman–Crippen LogP) is 4.54. The summed E-state index contributed by atoms with van der Waals surface area (Å²) in [6, 6.07) is 17.7. The average Bonchev–Trinajstić information content (AvgIpc) is 2.94. The molecule has 9 heteroatoms. The molecule has 1 amide bonds. The fraction of sp³-hybridized carbons (Fsp3) is 0.233. The van der Waals surface area contributed by atoms with Crippen molar-refractivity contribution in [1.29, 1.82) is 0 Å². The summed E-state index contributed by atoms with van der Waals surface area (Å²) in [5.74, 6) is 1.43. The molecule has 0 radical (unpaired) electrons. The van der Waals surface area contributed by atoms with Crippen molar-refractivity contribution in [3.8, 4) is 22.8 Å². The van der Waals surface area contributed by atoms with Gasteiger partial charge < -0.3 is 30.0 Å². The first-order valence-electron chi connectivity index (χ1n) is 13.0. The summed E-state index contributed by atoms with van der Waals surface area (Å²) in [4.78, 5) is 33.3. The lowest BCUT2D eigenvalue weighted by molar-refractivity contribution is -0.114. The third-order valence-electron chi connectivity index (χ3n) is 6.86. The Balaban J connectivity index is 1.22. The molecule has 0 unspecified atom stereocenters. The van der Waals surface area contributed by atoms with Crippen LogP contribution in [-0.4, -0.2) is 42.2 Å². The number of H-pyrrole nitrogens is 1. The number of anilines is 3. The fourth-order valence-corrected chi connectivity index (χ4v) is 5.04. The number of nitrogens with one attached hydrogen (secondary N) is 3. The van der Waals surface area contributed by atoms with Gasteiger partial charge in [-0.3, -0.25) is 14.6 Å². The molecule has 2 aromatic carbocycles. The monoisotopic (exact) mass is 523 g/mol. The first-order chi connectivity index (χ1) is 19.0. The molecule has 2 aliphatic heterocycles. The third-order valence-corrected chi connectivity index (χ3v) is 6.86. The van der Waals surface area contributed by atoms with Crippen LogP contribution in [0.5, 0.6) is 11.5 Å². The highest BCUT2D eigenvalue weighted by Gasteiger charge is 2.22. The minimum atomic E-state index is -0.142. The molecule has 0 saturated carbocycles. The number of pyridine rings is 2. The Morgan fingerprint density at radius 2 is 1.90 bits per heavy atom. The van der Waals surface area contributed by atoms with Crippen molar-refractivity contribution in [2.24, 2.45) is 0 Å². The Kier molecular flexibility index (Phi) is 6.73. The van der Waals surface area contributed by atoms with E-state index in [4.69, 9.17) is 9.47 Å². The molecule has 1 saturated heterocycles. The summed E-state index contributed by atoms with van der Waals surface area (Å²) in [6.07, 6.45) is 4.11. The molecule has 0 spiro atoms. The maximum Gasteiger partial charge on any atom is 0.250 e. The number of fused-ring (bicyclic) bond motifs is 2. The van der Waals surface area contributed by atoms with Crippen molar-refractivity contribution < 1.29 is 14.3 Å². The van der Waals surface area contributed by atoms with E-state index in [-0.39, 0.29) is 11.5 Å². The highest BCUT2D eigenvalue weighted by atomic mass is 16.5. The van der Waals surface area contributed by atoms with Gasteiger partial charge in [-0.15, -0.1) is 0 Å². The van der Waals surface area contributed by atoms with E-state index in [9.17, 15) is 9.59 Å². The molecule has 9 nitrogen and oxygen atoms in total. The molecule has 6 rings (SSSR count). The van der Waals surface area contributed by atoms with Gasteiger partial charge in [-0.2, -0.15) is 0 Å². The number of carbonyl (C=O) groups is 1. The standard InChI is InChI=1S/C30H29N5O4/c1-19(36)33-24-11-20(16-31-18-24)17-32-23-5-6-28-22(13-23)12-21-3-2-4-26(30(21)39-28)27-14-25(15-29(37)34-27)35-7-9-38-10-8-35/h2-6,11,13-16,18,32H,7-10,12,17H2,1H3,(H,33,36)(H,34,37). The van der Waals surface area contributed by atoms with Crippen LogP contribution >= 0.6 is 0 Å². The van der Waals surface area contributed by atoms with Crippen LogP contribution in [0, 0.1) is 0 Å². The molecular weight excluding hydrogens is 494 g/mol. The van der Waals surface area contributed by atoms with E-state index in [0.29, 0.717) is 31.9 Å². The number of nitrogens with zero attached hydrogens (tertiary/aromatic N) is 2. The largest absolute Gasteiger partial charge is 0.456 e. The van der Waals surface area contributed by atoms with Crippen LogP contribution < -0.4 is 25.8 Å². The van der Waals surface area contributed by atoms with Crippen molar-refractivity contribution in [2.75, 3.05) is 41.8 Å². The molecule has 0 bridgehead atoms. The van der Waals surface area contributed by atoms with Crippen molar-refractivity contribution in [3.63, 3.8) is 0 Å². The molecule has 3 N–H and O–H groups in total. The second kappa shape index (κ2) is 10.6. The Hall–Kier alpha value is -4.63. The topological polar surface area (TPSA) is 109 Å².